The van der Waals surface area contributed by atoms with Crippen molar-refractivity contribution in [2.24, 2.45) is 11.8 Å². The maximum atomic E-state index is 12.4. The van der Waals surface area contributed by atoms with Gasteiger partial charge in [-0.15, -0.1) is 0 Å². The third-order valence-corrected chi connectivity index (χ3v) is 12.5. The highest BCUT2D eigenvalue weighted by Crippen LogP contribution is 2.61. The maximum Gasteiger partial charge on any atom is 0.0677 e. The van der Waals surface area contributed by atoms with Crippen molar-refractivity contribution in [2.45, 2.75) is 67.0 Å². The summed E-state index contributed by atoms with van der Waals surface area (Å²) in [7, 11) is 0. The minimum absolute atomic E-state index is 0.0222. The molecule has 2 aliphatic rings. The predicted molar refractivity (Wildman–Crippen MR) is 208 cm³/mol. The first-order valence-corrected chi connectivity index (χ1v) is 18.8. The second-order valence-electron chi connectivity index (χ2n) is 15.0. The van der Waals surface area contributed by atoms with Crippen LogP contribution in [-0.4, -0.2) is 22.4 Å². The second-order valence-corrected chi connectivity index (χ2v) is 15.0. The molecule has 0 heterocycles. The molecular formula is C49H48O2. The minimum Gasteiger partial charge on any atom is -0.392 e. The van der Waals surface area contributed by atoms with E-state index in [1.165, 1.54) is 33.4 Å². The van der Waals surface area contributed by atoms with Crippen LogP contribution in [0.25, 0.3) is 0 Å². The van der Waals surface area contributed by atoms with Crippen LogP contribution < -0.4 is 0 Å². The Balaban J connectivity index is 1.36. The lowest BCUT2D eigenvalue weighted by Crippen LogP contribution is -2.52. The van der Waals surface area contributed by atoms with Crippen molar-refractivity contribution in [2.75, 3.05) is 0 Å². The molecule has 51 heavy (non-hydrogen) atoms. The molecule has 2 fully saturated rings. The molecule has 2 nitrogen and oxygen atoms in total. The van der Waals surface area contributed by atoms with E-state index < -0.39 is 12.2 Å². The van der Waals surface area contributed by atoms with Gasteiger partial charge in [-0.05, 0) is 70.9 Å². The predicted octanol–water partition coefficient (Wildman–Crippen LogP) is 10.6. The Bertz CT molecular complexity index is 1700. The van der Waals surface area contributed by atoms with Crippen molar-refractivity contribution in [3.05, 3.63) is 215 Å². The van der Waals surface area contributed by atoms with Crippen LogP contribution in [0, 0.1) is 11.8 Å². The van der Waals surface area contributed by atoms with Gasteiger partial charge in [0.15, 0.2) is 0 Å². The lowest BCUT2D eigenvalue weighted by Gasteiger charge is -2.56. The highest BCUT2D eigenvalue weighted by molar-refractivity contribution is 5.45. The van der Waals surface area contributed by atoms with Crippen LogP contribution in [0.4, 0.5) is 0 Å². The van der Waals surface area contributed by atoms with Gasteiger partial charge in [-0.3, -0.25) is 0 Å². The van der Waals surface area contributed by atoms with Crippen LogP contribution >= 0.6 is 0 Å². The molecule has 256 valence electrons. The van der Waals surface area contributed by atoms with Gasteiger partial charge in [0, 0.05) is 29.1 Å². The number of aliphatic hydroxyl groups is 2. The summed E-state index contributed by atoms with van der Waals surface area (Å²) in [5.41, 5.74) is 7.08. The number of aliphatic hydroxyl groups excluding tert-OH is 2. The van der Waals surface area contributed by atoms with Gasteiger partial charge in [-0.25, -0.2) is 0 Å². The molecule has 2 aliphatic carbocycles. The first-order chi connectivity index (χ1) is 25.1. The monoisotopic (exact) mass is 668 g/mol. The summed E-state index contributed by atoms with van der Waals surface area (Å²) in [5.74, 6) is 0.317. The summed E-state index contributed by atoms with van der Waals surface area (Å²) >= 11 is 0. The summed E-state index contributed by atoms with van der Waals surface area (Å²) in [6.07, 6.45) is 2.45. The number of rotatable bonds is 8. The van der Waals surface area contributed by atoms with Crippen LogP contribution in [0.3, 0.4) is 0 Å². The molecule has 8 rings (SSSR count). The normalized spacial score (nSPS) is 26.7. The van der Waals surface area contributed by atoms with Gasteiger partial charge in [-0.1, -0.05) is 182 Å². The van der Waals surface area contributed by atoms with Crippen LogP contribution in [0.5, 0.6) is 0 Å². The molecule has 2 saturated carbocycles. The third-order valence-electron chi connectivity index (χ3n) is 12.5. The van der Waals surface area contributed by atoms with Gasteiger partial charge in [-0.2, -0.15) is 0 Å². The summed E-state index contributed by atoms with van der Waals surface area (Å²) in [6.45, 7) is 0. The Morgan fingerprint density at radius 2 is 0.529 bits per heavy atom. The van der Waals surface area contributed by atoms with Crippen LogP contribution in [0.15, 0.2) is 182 Å². The van der Waals surface area contributed by atoms with Gasteiger partial charge in [0.1, 0.15) is 0 Å². The molecule has 0 saturated heterocycles. The average Bonchev–Trinajstić information content (AvgIpc) is 3.21. The third kappa shape index (κ3) is 6.37. The van der Waals surface area contributed by atoms with Gasteiger partial charge in [0.05, 0.1) is 12.2 Å². The van der Waals surface area contributed by atoms with Gasteiger partial charge < -0.3 is 10.2 Å². The molecule has 6 aromatic carbocycles. The Kier molecular flexibility index (Phi) is 9.72. The molecule has 0 spiro atoms. The fourth-order valence-corrected chi connectivity index (χ4v) is 10.3. The van der Waals surface area contributed by atoms with Gasteiger partial charge in [0.25, 0.3) is 0 Å². The lowest BCUT2D eigenvalue weighted by molar-refractivity contribution is 0.00212. The second kappa shape index (κ2) is 14.8. The standard InChI is InChI=1S/C49H48O2/c50-47-43(35-19-7-1-8-20-35)31-41(32-44(47)36-21-9-2-10-22-36)49(39-27-15-5-16-28-39,40-29-17-6-18-30-40)42-33-45(37-23-11-3-12-24-37)48(51)46(34-42)38-25-13-4-14-26-38/h1-30,41-48,50-51H,31-34H2. The highest BCUT2D eigenvalue weighted by atomic mass is 16.3. The molecular weight excluding hydrogens is 621 g/mol. The summed E-state index contributed by atoms with van der Waals surface area (Å²) in [5, 5.41) is 24.7. The van der Waals surface area contributed by atoms with Crippen molar-refractivity contribution in [1.29, 1.82) is 0 Å². The van der Waals surface area contributed by atoms with Crippen molar-refractivity contribution in [3.63, 3.8) is 0 Å². The smallest absolute Gasteiger partial charge is 0.0677 e. The fraction of sp³-hybridized carbons (Fsp3) is 0.265. The quantitative estimate of drug-likeness (QED) is 0.169. The zero-order chi connectivity index (χ0) is 34.6. The fourth-order valence-electron chi connectivity index (χ4n) is 10.3. The molecule has 0 aliphatic heterocycles. The largest absolute Gasteiger partial charge is 0.392 e. The minimum atomic E-state index is -0.502. The molecule has 0 radical (unpaired) electrons. The van der Waals surface area contributed by atoms with E-state index in [0.29, 0.717) is 0 Å². The van der Waals surface area contributed by atoms with E-state index in [9.17, 15) is 10.2 Å². The zero-order valence-corrected chi connectivity index (χ0v) is 29.2. The number of hydrogen-bond donors (Lipinski definition) is 2. The van der Waals surface area contributed by atoms with Crippen LogP contribution in [0.2, 0.25) is 0 Å². The Labute approximate surface area is 303 Å². The topological polar surface area (TPSA) is 40.5 Å². The highest BCUT2D eigenvalue weighted by Gasteiger charge is 2.55. The van der Waals surface area contributed by atoms with E-state index >= 15 is 0 Å². The van der Waals surface area contributed by atoms with E-state index in [-0.39, 0.29) is 40.9 Å². The first-order valence-electron chi connectivity index (χ1n) is 18.8. The van der Waals surface area contributed by atoms with E-state index in [1.807, 2.05) is 0 Å². The first kappa shape index (κ1) is 33.4. The Morgan fingerprint density at radius 1 is 0.314 bits per heavy atom. The molecule has 2 heteroatoms. The van der Waals surface area contributed by atoms with Crippen molar-refractivity contribution >= 4 is 0 Å². The molecule has 2 N–H and O–H groups in total. The summed E-state index contributed by atoms with van der Waals surface area (Å²) < 4.78 is 0. The molecule has 0 bridgehead atoms. The molecule has 0 aromatic heterocycles. The molecule has 0 amide bonds. The van der Waals surface area contributed by atoms with Gasteiger partial charge >= 0.3 is 0 Å². The molecule has 4 atom stereocenters. The summed E-state index contributed by atoms with van der Waals surface area (Å²) in [4.78, 5) is 0. The summed E-state index contributed by atoms with van der Waals surface area (Å²) in [6, 6.07) is 65.4. The van der Waals surface area contributed by atoms with E-state index in [1.54, 1.807) is 0 Å². The van der Waals surface area contributed by atoms with E-state index in [0.717, 1.165) is 25.7 Å². The Hall–Kier alpha value is -4.76. The maximum absolute atomic E-state index is 12.4. The number of hydrogen-bond acceptors (Lipinski definition) is 2. The number of benzene rings is 6. The van der Waals surface area contributed by atoms with Crippen LogP contribution in [0.1, 0.15) is 82.7 Å². The van der Waals surface area contributed by atoms with E-state index in [2.05, 4.69) is 182 Å². The van der Waals surface area contributed by atoms with Crippen molar-refractivity contribution < 1.29 is 10.2 Å². The van der Waals surface area contributed by atoms with E-state index in [4.69, 9.17) is 0 Å². The van der Waals surface area contributed by atoms with Crippen LogP contribution in [-0.2, 0) is 5.41 Å². The van der Waals surface area contributed by atoms with Crippen molar-refractivity contribution in [1.82, 2.24) is 0 Å². The van der Waals surface area contributed by atoms with Crippen molar-refractivity contribution in [3.8, 4) is 0 Å². The Morgan fingerprint density at radius 3 is 0.765 bits per heavy atom. The van der Waals surface area contributed by atoms with Gasteiger partial charge in [0.2, 0.25) is 0 Å². The molecule has 4 unspecified atom stereocenters. The SMILES string of the molecule is OC1C(c2ccccc2)CC(C(c2ccccc2)(c2ccccc2)C2CC(c3ccccc3)C(O)C(c3ccccc3)C2)CC1c1ccccc1. The molecule has 6 aromatic rings. The average molecular weight is 669 g/mol. The lowest BCUT2D eigenvalue weighted by atomic mass is 9.48. The zero-order valence-electron chi connectivity index (χ0n) is 29.2.